The zero-order chi connectivity index (χ0) is 15.3. The predicted octanol–water partition coefficient (Wildman–Crippen LogP) is 1.15. The lowest BCUT2D eigenvalue weighted by Gasteiger charge is -2.12. The van der Waals surface area contributed by atoms with Crippen LogP contribution in [0.4, 0.5) is 5.69 Å². The monoisotopic (exact) mass is 310 g/mol. The highest BCUT2D eigenvalue weighted by atomic mass is 32.2. The zero-order valence-corrected chi connectivity index (χ0v) is 12.7. The van der Waals surface area contributed by atoms with E-state index in [4.69, 9.17) is 4.74 Å². The highest BCUT2D eigenvalue weighted by Gasteiger charge is 2.15. The first-order chi connectivity index (χ1) is 9.97. The van der Waals surface area contributed by atoms with Crippen molar-refractivity contribution in [2.45, 2.75) is 5.03 Å². The maximum absolute atomic E-state index is 12.0. The largest absolute Gasteiger partial charge is 0.492 e. The Hall–Kier alpha value is -2.06. The van der Waals surface area contributed by atoms with Crippen LogP contribution in [0.15, 0.2) is 41.8 Å². The fourth-order valence-corrected chi connectivity index (χ4v) is 2.55. The van der Waals surface area contributed by atoms with E-state index in [9.17, 15) is 8.42 Å². The summed E-state index contributed by atoms with van der Waals surface area (Å²) in [5.74, 6) is 0.613. The van der Waals surface area contributed by atoms with Crippen molar-refractivity contribution in [1.29, 1.82) is 0 Å². The van der Waals surface area contributed by atoms with Crippen molar-refractivity contribution in [1.82, 2.24) is 14.9 Å². The van der Waals surface area contributed by atoms with Gasteiger partial charge in [-0.25, -0.2) is 4.98 Å². The second kappa shape index (κ2) is 6.59. The Morgan fingerprint density at radius 2 is 2.19 bits per heavy atom. The van der Waals surface area contributed by atoms with E-state index in [1.807, 2.05) is 19.0 Å². The van der Waals surface area contributed by atoms with Crippen LogP contribution in [0.3, 0.4) is 0 Å². The number of sulfonamides is 1. The Bertz CT molecular complexity index is 668. The summed E-state index contributed by atoms with van der Waals surface area (Å²) < 4.78 is 32.1. The summed E-state index contributed by atoms with van der Waals surface area (Å²) in [6.45, 7) is 1.31. The number of hydrogen-bond acceptors (Lipinski definition) is 5. The molecule has 0 aliphatic carbocycles. The molecule has 0 saturated heterocycles. The summed E-state index contributed by atoms with van der Waals surface area (Å²) in [6.07, 6.45) is 2.56. The number of benzene rings is 1. The predicted molar refractivity (Wildman–Crippen MR) is 79.9 cm³/mol. The normalized spacial score (nSPS) is 11.6. The molecular formula is C13H18N4O3S. The number of rotatable bonds is 7. The van der Waals surface area contributed by atoms with E-state index in [1.165, 1.54) is 12.5 Å². The molecule has 0 fully saturated rings. The molecule has 7 nitrogen and oxygen atoms in total. The standard InChI is InChI=1S/C13H18N4O3S/c1-17(2)6-7-20-12-5-3-4-11(8-12)16-21(18,19)13-9-14-10-15-13/h3-5,8-10,16H,6-7H2,1-2H3,(H,14,15). The number of nitrogens with one attached hydrogen (secondary N) is 2. The lowest BCUT2D eigenvalue weighted by atomic mass is 10.3. The maximum atomic E-state index is 12.0. The summed E-state index contributed by atoms with van der Waals surface area (Å²) in [4.78, 5) is 8.27. The fraction of sp³-hybridized carbons (Fsp3) is 0.308. The highest BCUT2D eigenvalue weighted by Crippen LogP contribution is 2.20. The molecule has 1 aromatic carbocycles. The van der Waals surface area contributed by atoms with E-state index in [2.05, 4.69) is 14.7 Å². The molecule has 1 heterocycles. The molecule has 0 aliphatic rings. The van der Waals surface area contributed by atoms with E-state index < -0.39 is 10.0 Å². The molecule has 2 N–H and O–H groups in total. The average Bonchev–Trinajstić information content (AvgIpc) is 2.92. The van der Waals surface area contributed by atoms with Crippen LogP contribution in [0.1, 0.15) is 0 Å². The molecule has 0 aliphatic heterocycles. The lowest BCUT2D eigenvalue weighted by molar-refractivity contribution is 0.261. The molecule has 1 aromatic heterocycles. The van der Waals surface area contributed by atoms with Gasteiger partial charge in [-0.1, -0.05) is 6.07 Å². The number of imidazole rings is 1. The van der Waals surface area contributed by atoms with Gasteiger partial charge in [-0.05, 0) is 26.2 Å². The van der Waals surface area contributed by atoms with Gasteiger partial charge in [0.05, 0.1) is 18.2 Å². The van der Waals surface area contributed by atoms with Gasteiger partial charge in [0.2, 0.25) is 0 Å². The fourth-order valence-electron chi connectivity index (χ4n) is 1.60. The van der Waals surface area contributed by atoms with Crippen molar-refractivity contribution in [2.75, 3.05) is 32.0 Å². The third-order valence-corrected chi connectivity index (χ3v) is 3.96. The Morgan fingerprint density at radius 3 is 2.86 bits per heavy atom. The van der Waals surface area contributed by atoms with E-state index >= 15 is 0 Å². The van der Waals surface area contributed by atoms with Gasteiger partial charge < -0.3 is 14.6 Å². The van der Waals surface area contributed by atoms with Crippen LogP contribution in [0, 0.1) is 0 Å². The highest BCUT2D eigenvalue weighted by molar-refractivity contribution is 7.92. The molecule has 0 radical (unpaired) electrons. The second-order valence-electron chi connectivity index (χ2n) is 4.70. The van der Waals surface area contributed by atoms with Crippen LogP contribution >= 0.6 is 0 Å². The molecule has 2 aromatic rings. The Balaban J connectivity index is 2.04. The molecule has 0 amide bonds. The number of nitrogens with zero attached hydrogens (tertiary/aromatic N) is 2. The number of likely N-dealkylation sites (N-methyl/N-ethyl adjacent to an activating group) is 1. The molecular weight excluding hydrogens is 292 g/mol. The van der Waals surface area contributed by atoms with Crippen molar-refractivity contribution >= 4 is 15.7 Å². The second-order valence-corrected chi connectivity index (χ2v) is 6.35. The first-order valence-corrected chi connectivity index (χ1v) is 7.84. The third-order valence-electron chi connectivity index (χ3n) is 2.66. The van der Waals surface area contributed by atoms with Crippen molar-refractivity contribution in [3.05, 3.63) is 36.8 Å². The van der Waals surface area contributed by atoms with Crippen LogP contribution in [-0.4, -0.2) is 50.5 Å². The van der Waals surface area contributed by atoms with Crippen LogP contribution < -0.4 is 9.46 Å². The third kappa shape index (κ3) is 4.47. The van der Waals surface area contributed by atoms with Crippen molar-refractivity contribution in [3.63, 3.8) is 0 Å². The van der Waals surface area contributed by atoms with Crippen molar-refractivity contribution in [3.8, 4) is 5.75 Å². The molecule has 8 heteroatoms. The van der Waals surface area contributed by atoms with Gasteiger partial charge >= 0.3 is 0 Å². The molecule has 2 rings (SSSR count). The van der Waals surface area contributed by atoms with Gasteiger partial charge in [0.1, 0.15) is 12.4 Å². The van der Waals surface area contributed by atoms with Crippen molar-refractivity contribution in [2.24, 2.45) is 0 Å². The number of anilines is 1. The smallest absolute Gasteiger partial charge is 0.278 e. The van der Waals surface area contributed by atoms with Gasteiger partial charge in [0.15, 0.2) is 5.03 Å². The van der Waals surface area contributed by atoms with E-state index in [0.717, 1.165) is 6.54 Å². The summed E-state index contributed by atoms with van der Waals surface area (Å²) in [5.41, 5.74) is 0.437. The van der Waals surface area contributed by atoms with Crippen LogP contribution in [0.25, 0.3) is 0 Å². The minimum Gasteiger partial charge on any atom is -0.492 e. The quantitative estimate of drug-likeness (QED) is 0.801. The van der Waals surface area contributed by atoms with Crippen LogP contribution in [0.2, 0.25) is 0 Å². The zero-order valence-electron chi connectivity index (χ0n) is 11.9. The van der Waals surface area contributed by atoms with Gasteiger partial charge in [0, 0.05) is 12.6 Å². The van der Waals surface area contributed by atoms with Gasteiger partial charge in [0.25, 0.3) is 10.0 Å². The van der Waals surface area contributed by atoms with Gasteiger partial charge in [-0.2, -0.15) is 8.42 Å². The summed E-state index contributed by atoms with van der Waals surface area (Å²) >= 11 is 0. The van der Waals surface area contributed by atoms with E-state index in [0.29, 0.717) is 18.0 Å². The summed E-state index contributed by atoms with van der Waals surface area (Å²) in [5, 5.41) is 0.0152. The summed E-state index contributed by atoms with van der Waals surface area (Å²) in [6, 6.07) is 6.82. The molecule has 0 atom stereocenters. The minimum absolute atomic E-state index is 0.0152. The molecule has 21 heavy (non-hydrogen) atoms. The van der Waals surface area contributed by atoms with Gasteiger partial charge in [-0.3, -0.25) is 4.72 Å². The Morgan fingerprint density at radius 1 is 1.38 bits per heavy atom. The topological polar surface area (TPSA) is 87.3 Å². The maximum Gasteiger partial charge on any atom is 0.278 e. The average molecular weight is 310 g/mol. The molecule has 0 saturated carbocycles. The first kappa shape index (κ1) is 15.3. The van der Waals surface area contributed by atoms with Crippen LogP contribution in [0.5, 0.6) is 5.75 Å². The number of aromatic nitrogens is 2. The summed E-state index contributed by atoms with van der Waals surface area (Å²) in [7, 11) is 0.261. The Kier molecular flexibility index (Phi) is 4.81. The van der Waals surface area contributed by atoms with Crippen molar-refractivity contribution < 1.29 is 13.2 Å². The van der Waals surface area contributed by atoms with Gasteiger partial charge in [-0.15, -0.1) is 0 Å². The molecule has 0 bridgehead atoms. The van der Waals surface area contributed by atoms with Crippen LogP contribution in [-0.2, 0) is 10.0 Å². The Labute approximate surface area is 124 Å². The number of H-pyrrole nitrogens is 1. The lowest BCUT2D eigenvalue weighted by Crippen LogP contribution is -2.19. The number of aromatic amines is 1. The molecule has 0 spiro atoms. The molecule has 114 valence electrons. The number of hydrogen-bond donors (Lipinski definition) is 2. The molecule has 0 unspecified atom stereocenters. The minimum atomic E-state index is -3.65. The van der Waals surface area contributed by atoms with E-state index in [1.54, 1.807) is 24.3 Å². The SMILES string of the molecule is CN(C)CCOc1cccc(NS(=O)(=O)c2cnc[nH]2)c1. The van der Waals surface area contributed by atoms with E-state index in [-0.39, 0.29) is 5.03 Å². The number of ether oxygens (including phenoxy) is 1. The first-order valence-electron chi connectivity index (χ1n) is 6.36.